The highest BCUT2D eigenvalue weighted by Gasteiger charge is 2.37. The molecule has 4 heterocycles. The molecule has 12 heteroatoms. The molecule has 1 aromatic carbocycles. The summed E-state index contributed by atoms with van der Waals surface area (Å²) in [6.07, 6.45) is 2.10. The largest absolute Gasteiger partial charge is 0.460 e. The summed E-state index contributed by atoms with van der Waals surface area (Å²) in [6, 6.07) is 8.25. The van der Waals surface area contributed by atoms with Crippen LogP contribution in [0.3, 0.4) is 0 Å². The Kier molecular flexibility index (Phi) is 8.93. The highest BCUT2D eigenvalue weighted by molar-refractivity contribution is 5.98. The van der Waals surface area contributed by atoms with Crippen molar-refractivity contribution in [3.05, 3.63) is 64.8 Å². The number of carbonyl (C=O) groups is 4. The molecular formula is C31H37FN6O5. The minimum absolute atomic E-state index is 0.0355. The molecule has 43 heavy (non-hydrogen) atoms. The van der Waals surface area contributed by atoms with E-state index in [2.05, 4.69) is 20.8 Å². The topological polar surface area (TPSA) is 141 Å². The average molecular weight is 593 g/mol. The molecule has 2 aliphatic heterocycles. The standard InChI is InChI=1S/C31H37FN6O5/c1-18(2)25-16-37(31(42)24-15-23(35-36-24)27-11-8-19(3)43-27)17-28(39)33-12-4-6-20-9-10-22(32)21(14-20)30(41)38-13-5-7-26(38)29(40)34-25/h8-11,14-15,18,25-26H,4-7,12-13,16-17H2,1-3H3,(H,33,39)(H,34,40)(H,35,36)/t25-,26-/m0/s1. The van der Waals surface area contributed by atoms with Gasteiger partial charge in [-0.3, -0.25) is 24.3 Å². The number of rotatable bonds is 3. The first-order valence-electron chi connectivity index (χ1n) is 14.7. The van der Waals surface area contributed by atoms with E-state index < -0.39 is 29.7 Å². The van der Waals surface area contributed by atoms with Crippen LogP contribution in [0.2, 0.25) is 0 Å². The third kappa shape index (κ3) is 6.79. The smallest absolute Gasteiger partial charge is 0.274 e. The summed E-state index contributed by atoms with van der Waals surface area (Å²) >= 11 is 0. The fraction of sp³-hybridized carbons (Fsp3) is 0.452. The minimum atomic E-state index is -0.773. The molecule has 2 atom stereocenters. The van der Waals surface area contributed by atoms with Crippen LogP contribution >= 0.6 is 0 Å². The van der Waals surface area contributed by atoms with Crippen molar-refractivity contribution in [2.24, 2.45) is 5.92 Å². The van der Waals surface area contributed by atoms with Gasteiger partial charge in [-0.05, 0) is 68.4 Å². The van der Waals surface area contributed by atoms with E-state index in [-0.39, 0.29) is 42.1 Å². The summed E-state index contributed by atoms with van der Waals surface area (Å²) in [4.78, 5) is 56.6. The molecule has 0 spiro atoms. The highest BCUT2D eigenvalue weighted by atomic mass is 19.1. The second-order valence-corrected chi connectivity index (χ2v) is 11.5. The van der Waals surface area contributed by atoms with Gasteiger partial charge >= 0.3 is 0 Å². The number of nitrogens with one attached hydrogen (secondary N) is 3. The molecule has 0 aliphatic carbocycles. The molecule has 2 aromatic heterocycles. The van der Waals surface area contributed by atoms with Crippen LogP contribution in [0.5, 0.6) is 0 Å². The Morgan fingerprint density at radius 1 is 1.12 bits per heavy atom. The fourth-order valence-corrected chi connectivity index (χ4v) is 5.54. The predicted molar refractivity (Wildman–Crippen MR) is 155 cm³/mol. The van der Waals surface area contributed by atoms with Crippen molar-refractivity contribution in [2.45, 2.75) is 58.5 Å². The van der Waals surface area contributed by atoms with Crippen LogP contribution in [-0.2, 0) is 16.0 Å². The third-order valence-corrected chi connectivity index (χ3v) is 8.02. The van der Waals surface area contributed by atoms with Gasteiger partial charge in [-0.2, -0.15) is 5.10 Å². The summed E-state index contributed by atoms with van der Waals surface area (Å²) in [5.41, 5.74) is 1.31. The molecule has 2 aliphatic rings. The summed E-state index contributed by atoms with van der Waals surface area (Å²) < 4.78 is 20.4. The van der Waals surface area contributed by atoms with Crippen molar-refractivity contribution < 1.29 is 28.0 Å². The Morgan fingerprint density at radius 2 is 1.93 bits per heavy atom. The lowest BCUT2D eigenvalue weighted by Gasteiger charge is -2.32. The summed E-state index contributed by atoms with van der Waals surface area (Å²) in [7, 11) is 0. The first-order valence-corrected chi connectivity index (χ1v) is 14.7. The zero-order valence-electron chi connectivity index (χ0n) is 24.6. The van der Waals surface area contributed by atoms with E-state index in [0.717, 1.165) is 5.56 Å². The van der Waals surface area contributed by atoms with Crippen molar-refractivity contribution in [3.63, 3.8) is 0 Å². The van der Waals surface area contributed by atoms with Gasteiger partial charge in [0.1, 0.15) is 23.3 Å². The molecule has 3 aromatic rings. The molecule has 1 fully saturated rings. The molecular weight excluding hydrogens is 555 g/mol. The molecule has 0 saturated carbocycles. The second kappa shape index (κ2) is 12.8. The monoisotopic (exact) mass is 592 g/mol. The Balaban J connectivity index is 1.43. The quantitative estimate of drug-likeness (QED) is 0.427. The number of aromatic nitrogens is 2. The minimum Gasteiger partial charge on any atom is -0.460 e. The number of amides is 4. The number of hydrogen-bond acceptors (Lipinski definition) is 6. The maximum Gasteiger partial charge on any atom is 0.274 e. The zero-order valence-corrected chi connectivity index (χ0v) is 24.6. The molecule has 228 valence electrons. The number of benzene rings is 1. The van der Waals surface area contributed by atoms with Crippen molar-refractivity contribution in [2.75, 3.05) is 26.2 Å². The van der Waals surface area contributed by atoms with Crippen LogP contribution in [0.1, 0.15) is 65.3 Å². The fourth-order valence-electron chi connectivity index (χ4n) is 5.54. The SMILES string of the molecule is Cc1ccc(-c2cc(C(=O)N3CC(=O)NCCCc4ccc(F)c(c4)C(=O)N4CCC[C@H]4C(=O)N[C@H](C(C)C)C3)n[nH]2)o1. The lowest BCUT2D eigenvalue weighted by molar-refractivity contribution is -0.126. The van der Waals surface area contributed by atoms with Crippen molar-refractivity contribution in [1.29, 1.82) is 0 Å². The maximum absolute atomic E-state index is 14.8. The van der Waals surface area contributed by atoms with Gasteiger partial charge in [-0.15, -0.1) is 0 Å². The normalized spacial score (nSPS) is 20.5. The van der Waals surface area contributed by atoms with E-state index in [0.29, 0.717) is 56.0 Å². The highest BCUT2D eigenvalue weighted by Crippen LogP contribution is 2.24. The van der Waals surface area contributed by atoms with Gasteiger partial charge in [0.25, 0.3) is 11.8 Å². The summed E-state index contributed by atoms with van der Waals surface area (Å²) in [6.45, 7) is 6.08. The zero-order chi connectivity index (χ0) is 30.7. The Labute approximate surface area is 249 Å². The van der Waals surface area contributed by atoms with Crippen molar-refractivity contribution in [1.82, 2.24) is 30.6 Å². The lowest BCUT2D eigenvalue weighted by atomic mass is 10.0. The van der Waals surface area contributed by atoms with E-state index in [9.17, 15) is 23.6 Å². The number of fused-ring (bicyclic) bond motifs is 3. The predicted octanol–water partition coefficient (Wildman–Crippen LogP) is 3.07. The summed E-state index contributed by atoms with van der Waals surface area (Å²) in [5, 5.41) is 12.9. The van der Waals surface area contributed by atoms with Gasteiger partial charge in [0.15, 0.2) is 11.5 Å². The number of aromatic amines is 1. The average Bonchev–Trinajstić information content (AvgIpc) is 3.75. The van der Waals surface area contributed by atoms with Crippen LogP contribution in [0.4, 0.5) is 4.39 Å². The van der Waals surface area contributed by atoms with Crippen LogP contribution in [0.25, 0.3) is 11.5 Å². The van der Waals surface area contributed by atoms with E-state index in [1.165, 1.54) is 21.9 Å². The van der Waals surface area contributed by atoms with Crippen LogP contribution < -0.4 is 10.6 Å². The molecule has 0 unspecified atom stereocenters. The Hall–Kier alpha value is -4.48. The molecule has 1 saturated heterocycles. The number of halogens is 1. The second-order valence-electron chi connectivity index (χ2n) is 11.5. The van der Waals surface area contributed by atoms with Gasteiger partial charge < -0.3 is 24.9 Å². The Bertz CT molecular complexity index is 1510. The van der Waals surface area contributed by atoms with Gasteiger partial charge in [-0.25, -0.2) is 4.39 Å². The maximum atomic E-state index is 14.8. The third-order valence-electron chi connectivity index (χ3n) is 8.02. The lowest BCUT2D eigenvalue weighted by Crippen LogP contribution is -2.54. The Morgan fingerprint density at radius 3 is 2.67 bits per heavy atom. The molecule has 0 radical (unpaired) electrons. The molecule has 2 bridgehead atoms. The van der Waals surface area contributed by atoms with Crippen LogP contribution in [-0.4, -0.2) is 81.9 Å². The van der Waals surface area contributed by atoms with Gasteiger partial charge in [-0.1, -0.05) is 19.9 Å². The molecule has 5 rings (SSSR count). The number of H-pyrrole nitrogens is 1. The van der Waals surface area contributed by atoms with Crippen molar-refractivity contribution in [3.8, 4) is 11.5 Å². The molecule has 3 N–H and O–H groups in total. The van der Waals surface area contributed by atoms with E-state index in [1.807, 2.05) is 20.8 Å². The van der Waals surface area contributed by atoms with E-state index in [4.69, 9.17) is 4.42 Å². The first-order chi connectivity index (χ1) is 20.6. The number of nitrogens with zero attached hydrogens (tertiary/aromatic N) is 3. The van der Waals surface area contributed by atoms with E-state index >= 15 is 0 Å². The number of furan rings is 1. The number of aryl methyl sites for hydroxylation is 2. The van der Waals surface area contributed by atoms with Crippen LogP contribution in [0, 0.1) is 18.7 Å². The summed E-state index contributed by atoms with van der Waals surface area (Å²) in [5.74, 6) is -1.26. The van der Waals surface area contributed by atoms with Gasteiger partial charge in [0.05, 0.1) is 12.1 Å². The van der Waals surface area contributed by atoms with Crippen LogP contribution in [0.15, 0.2) is 40.8 Å². The van der Waals surface area contributed by atoms with Crippen molar-refractivity contribution >= 4 is 23.6 Å². The number of hydrogen-bond donors (Lipinski definition) is 3. The van der Waals surface area contributed by atoms with E-state index in [1.54, 1.807) is 24.3 Å². The molecule has 11 nitrogen and oxygen atoms in total. The van der Waals surface area contributed by atoms with Gasteiger partial charge in [0.2, 0.25) is 11.8 Å². The molecule has 4 amide bonds. The van der Waals surface area contributed by atoms with Gasteiger partial charge in [0, 0.05) is 31.7 Å². The number of carbonyl (C=O) groups excluding carboxylic acids is 4. The first kappa shape index (κ1) is 30.0.